The van der Waals surface area contributed by atoms with Crippen molar-refractivity contribution in [3.63, 3.8) is 0 Å². The van der Waals surface area contributed by atoms with E-state index in [0.29, 0.717) is 65.1 Å². The van der Waals surface area contributed by atoms with Gasteiger partial charge in [-0.15, -0.1) is 0 Å². The van der Waals surface area contributed by atoms with Gasteiger partial charge in [-0.2, -0.15) is 0 Å². The molecular formula is C27H36N2O9. The molecule has 1 fully saturated rings. The number of benzene rings is 2. The van der Waals surface area contributed by atoms with Gasteiger partial charge >= 0.3 is 0 Å². The second-order valence-electron chi connectivity index (χ2n) is 8.71. The highest BCUT2D eigenvalue weighted by molar-refractivity contribution is 5.96. The van der Waals surface area contributed by atoms with Crippen molar-refractivity contribution >= 4 is 11.8 Å². The first kappa shape index (κ1) is 28.7. The molecule has 2 aromatic carbocycles. The van der Waals surface area contributed by atoms with Gasteiger partial charge in [0.1, 0.15) is 0 Å². The first-order valence-electron chi connectivity index (χ1n) is 12.1. The lowest BCUT2D eigenvalue weighted by molar-refractivity contribution is 0.0447. The van der Waals surface area contributed by atoms with Crippen LogP contribution in [0.2, 0.25) is 0 Å². The van der Waals surface area contributed by atoms with E-state index < -0.39 is 0 Å². The molecule has 0 spiro atoms. The van der Waals surface area contributed by atoms with Gasteiger partial charge in [-0.25, -0.2) is 0 Å². The average molecular weight is 533 g/mol. The molecule has 3 atom stereocenters. The van der Waals surface area contributed by atoms with Crippen LogP contribution in [0.5, 0.6) is 34.5 Å². The van der Waals surface area contributed by atoms with E-state index in [1.165, 1.54) is 42.7 Å². The number of rotatable bonds is 12. The number of carbonyl (C=O) groups excluding carboxylic acids is 2. The molecular weight excluding hydrogens is 496 g/mol. The summed E-state index contributed by atoms with van der Waals surface area (Å²) >= 11 is 0. The number of ether oxygens (including phenoxy) is 7. The Morgan fingerprint density at radius 2 is 1.11 bits per heavy atom. The Morgan fingerprint density at radius 1 is 0.711 bits per heavy atom. The van der Waals surface area contributed by atoms with E-state index in [-0.39, 0.29) is 29.9 Å². The average Bonchev–Trinajstić information content (AvgIpc) is 3.31. The lowest BCUT2D eigenvalue weighted by Crippen LogP contribution is -2.32. The highest BCUT2D eigenvalue weighted by Gasteiger charge is 2.33. The molecule has 2 N–H and O–H groups in total. The Morgan fingerprint density at radius 3 is 1.47 bits per heavy atom. The molecule has 2 amide bonds. The summed E-state index contributed by atoms with van der Waals surface area (Å²) in [4.78, 5) is 25.7. The number of hydrogen-bond acceptors (Lipinski definition) is 9. The van der Waals surface area contributed by atoms with E-state index in [1.54, 1.807) is 24.3 Å². The minimum Gasteiger partial charge on any atom is -0.493 e. The van der Waals surface area contributed by atoms with Gasteiger partial charge in [0.2, 0.25) is 11.5 Å². The van der Waals surface area contributed by atoms with Crippen LogP contribution in [0.4, 0.5) is 0 Å². The van der Waals surface area contributed by atoms with Crippen LogP contribution < -0.4 is 39.1 Å². The Balaban J connectivity index is 1.57. The van der Waals surface area contributed by atoms with Gasteiger partial charge in [-0.05, 0) is 37.6 Å². The number of amides is 2. The van der Waals surface area contributed by atoms with Crippen molar-refractivity contribution in [2.45, 2.75) is 25.6 Å². The third-order valence-electron chi connectivity index (χ3n) is 6.51. The third-order valence-corrected chi connectivity index (χ3v) is 6.51. The van der Waals surface area contributed by atoms with E-state index in [2.05, 4.69) is 10.6 Å². The molecule has 1 saturated heterocycles. The van der Waals surface area contributed by atoms with Gasteiger partial charge in [-0.1, -0.05) is 0 Å². The lowest BCUT2D eigenvalue weighted by Gasteiger charge is -2.16. The fourth-order valence-electron chi connectivity index (χ4n) is 4.44. The number of hydrogen-bond donors (Lipinski definition) is 2. The van der Waals surface area contributed by atoms with Crippen molar-refractivity contribution in [3.8, 4) is 34.5 Å². The summed E-state index contributed by atoms with van der Waals surface area (Å²) in [5.74, 6) is 1.93. The zero-order valence-electron chi connectivity index (χ0n) is 22.8. The van der Waals surface area contributed by atoms with Crippen molar-refractivity contribution < 1.29 is 42.7 Å². The van der Waals surface area contributed by atoms with Gasteiger partial charge in [-0.3, -0.25) is 9.59 Å². The second kappa shape index (κ2) is 13.1. The Labute approximate surface area is 222 Å². The van der Waals surface area contributed by atoms with Crippen molar-refractivity contribution in [1.29, 1.82) is 0 Å². The number of carbonyl (C=O) groups is 2. The van der Waals surface area contributed by atoms with Gasteiger partial charge in [0.25, 0.3) is 11.8 Å². The molecule has 3 rings (SSSR count). The smallest absolute Gasteiger partial charge is 0.251 e. The van der Waals surface area contributed by atoms with E-state index >= 15 is 0 Å². The van der Waals surface area contributed by atoms with Crippen LogP contribution in [0.3, 0.4) is 0 Å². The van der Waals surface area contributed by atoms with E-state index in [0.717, 1.165) is 0 Å². The predicted molar refractivity (Wildman–Crippen MR) is 139 cm³/mol. The van der Waals surface area contributed by atoms with E-state index in [9.17, 15) is 9.59 Å². The maximum Gasteiger partial charge on any atom is 0.251 e. The van der Waals surface area contributed by atoms with Gasteiger partial charge in [0.05, 0.1) is 54.9 Å². The summed E-state index contributed by atoms with van der Waals surface area (Å²) in [6.45, 7) is 2.68. The topological polar surface area (TPSA) is 123 Å². The second-order valence-corrected chi connectivity index (χ2v) is 8.71. The fourth-order valence-corrected chi connectivity index (χ4v) is 4.44. The summed E-state index contributed by atoms with van der Waals surface area (Å²) in [7, 11) is 8.99. The molecule has 11 nitrogen and oxygen atoms in total. The van der Waals surface area contributed by atoms with Crippen LogP contribution in [-0.4, -0.2) is 79.8 Å². The van der Waals surface area contributed by atoms with Crippen molar-refractivity contribution in [3.05, 3.63) is 35.4 Å². The molecule has 0 aromatic heterocycles. The largest absolute Gasteiger partial charge is 0.493 e. The fraction of sp³-hybridized carbons (Fsp3) is 0.481. The highest BCUT2D eigenvalue weighted by Crippen LogP contribution is 2.39. The molecule has 0 saturated carbocycles. The zero-order valence-corrected chi connectivity index (χ0v) is 22.8. The van der Waals surface area contributed by atoms with Crippen LogP contribution in [0.25, 0.3) is 0 Å². The number of methoxy groups -OCH3 is 6. The number of nitrogens with one attached hydrogen (secondary N) is 2. The first-order chi connectivity index (χ1) is 18.3. The molecule has 0 bridgehead atoms. The molecule has 38 heavy (non-hydrogen) atoms. The maximum atomic E-state index is 12.9. The van der Waals surface area contributed by atoms with Gasteiger partial charge in [0.15, 0.2) is 23.0 Å². The monoisotopic (exact) mass is 532 g/mol. The first-order valence-corrected chi connectivity index (χ1v) is 12.1. The SMILES string of the molecule is COc1cc(C(=O)NC[C@@H]2C[C@H](CNC(=O)c3cc(OC)c(OC)c(OC)c3)C(C)O2)cc(OC)c1OC. The maximum absolute atomic E-state index is 12.9. The van der Waals surface area contributed by atoms with Crippen LogP contribution in [-0.2, 0) is 4.74 Å². The molecule has 11 heteroatoms. The minimum atomic E-state index is -0.292. The van der Waals surface area contributed by atoms with Crippen LogP contribution >= 0.6 is 0 Å². The molecule has 208 valence electrons. The van der Waals surface area contributed by atoms with Crippen LogP contribution in [0.15, 0.2) is 24.3 Å². The van der Waals surface area contributed by atoms with Gasteiger partial charge < -0.3 is 43.8 Å². The molecule has 0 radical (unpaired) electrons. The molecule has 1 heterocycles. The summed E-state index contributed by atoms with van der Waals surface area (Å²) in [6, 6.07) is 6.39. The lowest BCUT2D eigenvalue weighted by atomic mass is 10.00. The Kier molecular flexibility index (Phi) is 9.89. The molecule has 2 aromatic rings. The Hall–Kier alpha value is -3.86. The highest BCUT2D eigenvalue weighted by atomic mass is 16.5. The van der Waals surface area contributed by atoms with Crippen LogP contribution in [0, 0.1) is 5.92 Å². The standard InChI is InChI=1S/C27H36N2O9/c1-15-18(13-28-26(30)16-9-20(32-2)24(36-6)21(10-16)33-3)8-19(38-15)14-29-27(31)17-11-22(34-4)25(37-7)23(12-17)35-5/h9-12,15,18-19H,8,13-14H2,1-7H3,(H,28,30)(H,29,31)/t15?,18-,19+/m1/s1. The third kappa shape index (κ3) is 6.34. The van der Waals surface area contributed by atoms with Crippen molar-refractivity contribution in [2.24, 2.45) is 5.92 Å². The Bertz CT molecular complexity index is 1090. The van der Waals surface area contributed by atoms with E-state index in [4.69, 9.17) is 33.2 Å². The van der Waals surface area contributed by atoms with E-state index in [1.807, 2.05) is 6.92 Å². The molecule has 1 aliphatic rings. The zero-order chi connectivity index (χ0) is 27.8. The van der Waals surface area contributed by atoms with Crippen molar-refractivity contribution in [2.75, 3.05) is 55.7 Å². The molecule has 1 aliphatic heterocycles. The predicted octanol–water partition coefficient (Wildman–Crippen LogP) is 2.69. The summed E-state index contributed by atoms with van der Waals surface area (Å²) in [6.07, 6.45) is 0.379. The summed E-state index contributed by atoms with van der Waals surface area (Å²) in [5, 5.41) is 5.87. The van der Waals surface area contributed by atoms with Crippen molar-refractivity contribution in [1.82, 2.24) is 10.6 Å². The molecule has 0 aliphatic carbocycles. The minimum absolute atomic E-state index is 0.0732. The van der Waals surface area contributed by atoms with Crippen LogP contribution in [0.1, 0.15) is 34.1 Å². The quantitative estimate of drug-likeness (QED) is 0.425. The molecule has 1 unspecified atom stereocenters. The summed E-state index contributed by atoms with van der Waals surface area (Å²) in [5.41, 5.74) is 0.764. The van der Waals surface area contributed by atoms with Gasteiger partial charge in [0, 0.05) is 30.1 Å². The summed E-state index contributed by atoms with van der Waals surface area (Å²) < 4.78 is 38.0. The normalized spacial score (nSPS) is 18.3.